The predicted octanol–water partition coefficient (Wildman–Crippen LogP) is 2.59. The largest absolute Gasteiger partial charge is 0.374 e. The summed E-state index contributed by atoms with van der Waals surface area (Å²) < 4.78 is 19.7. The van der Waals surface area contributed by atoms with Crippen LogP contribution in [0.2, 0.25) is 0 Å². The lowest BCUT2D eigenvalue weighted by molar-refractivity contribution is -0.0373. The molecule has 0 spiro atoms. The van der Waals surface area contributed by atoms with Crippen LogP contribution in [0.4, 0.5) is 4.39 Å². The summed E-state index contributed by atoms with van der Waals surface area (Å²) in [6.07, 6.45) is 1.02. The lowest BCUT2D eigenvalue weighted by Gasteiger charge is -2.35. The molecule has 0 bridgehead atoms. The Morgan fingerprint density at radius 2 is 2.20 bits per heavy atom. The van der Waals surface area contributed by atoms with Crippen LogP contribution < -0.4 is 5.32 Å². The number of nitrogens with zero attached hydrogens (tertiary/aromatic N) is 1. The van der Waals surface area contributed by atoms with Gasteiger partial charge >= 0.3 is 0 Å². The van der Waals surface area contributed by atoms with Gasteiger partial charge in [0.05, 0.1) is 12.7 Å². The summed E-state index contributed by atoms with van der Waals surface area (Å²) in [4.78, 5) is 2.27. The van der Waals surface area contributed by atoms with E-state index in [0.29, 0.717) is 0 Å². The first kappa shape index (κ1) is 15.4. The molecule has 1 N–H and O–H groups in total. The highest BCUT2D eigenvalue weighted by atomic mass is 19.1. The summed E-state index contributed by atoms with van der Waals surface area (Å²) in [5.41, 5.74) is 0.742. The van der Waals surface area contributed by atoms with Crippen LogP contribution in [0.3, 0.4) is 0 Å². The maximum absolute atomic E-state index is 13.9. The fourth-order valence-corrected chi connectivity index (χ4v) is 2.72. The Morgan fingerprint density at radius 1 is 1.45 bits per heavy atom. The monoisotopic (exact) mass is 280 g/mol. The number of halogens is 1. The smallest absolute Gasteiger partial charge is 0.127 e. The zero-order valence-electron chi connectivity index (χ0n) is 12.6. The number of ether oxygens (including phenoxy) is 1. The predicted molar refractivity (Wildman–Crippen MR) is 79.3 cm³/mol. The van der Waals surface area contributed by atoms with Gasteiger partial charge in [0.15, 0.2) is 0 Å². The molecule has 0 aromatic heterocycles. The summed E-state index contributed by atoms with van der Waals surface area (Å²) in [7, 11) is 2.11. The van der Waals surface area contributed by atoms with E-state index in [-0.39, 0.29) is 24.0 Å². The second-order valence-corrected chi connectivity index (χ2v) is 5.61. The molecule has 1 fully saturated rings. The molecule has 3 nitrogen and oxygen atoms in total. The molecule has 1 saturated heterocycles. The summed E-state index contributed by atoms with van der Waals surface area (Å²) >= 11 is 0. The maximum Gasteiger partial charge on any atom is 0.127 e. The van der Waals surface area contributed by atoms with Crippen LogP contribution >= 0.6 is 0 Å². The van der Waals surface area contributed by atoms with E-state index in [1.807, 2.05) is 12.1 Å². The van der Waals surface area contributed by atoms with Gasteiger partial charge in [0, 0.05) is 30.7 Å². The van der Waals surface area contributed by atoms with Crippen LogP contribution in [-0.2, 0) is 4.74 Å². The van der Waals surface area contributed by atoms with E-state index < -0.39 is 0 Å². The van der Waals surface area contributed by atoms with Crippen LogP contribution in [0.25, 0.3) is 0 Å². The average Bonchev–Trinajstić information content (AvgIpc) is 2.45. The zero-order chi connectivity index (χ0) is 14.5. The first-order chi connectivity index (χ1) is 9.61. The molecule has 1 heterocycles. The Labute approximate surface area is 121 Å². The molecule has 112 valence electrons. The molecule has 1 aliphatic heterocycles. The molecule has 20 heavy (non-hydrogen) atoms. The van der Waals surface area contributed by atoms with Crippen molar-refractivity contribution in [2.24, 2.45) is 0 Å². The third-order valence-electron chi connectivity index (χ3n) is 4.01. The van der Waals surface area contributed by atoms with Crippen molar-refractivity contribution < 1.29 is 9.13 Å². The van der Waals surface area contributed by atoms with Crippen molar-refractivity contribution in [3.8, 4) is 0 Å². The minimum atomic E-state index is -0.138. The minimum absolute atomic E-state index is 0.0297. The van der Waals surface area contributed by atoms with E-state index in [1.165, 1.54) is 6.07 Å². The second kappa shape index (κ2) is 7.16. The van der Waals surface area contributed by atoms with Gasteiger partial charge in [-0.3, -0.25) is 0 Å². The molecular weight excluding hydrogens is 255 g/mol. The van der Waals surface area contributed by atoms with E-state index in [2.05, 4.69) is 31.1 Å². The minimum Gasteiger partial charge on any atom is -0.374 e. The third kappa shape index (κ3) is 3.78. The van der Waals surface area contributed by atoms with Gasteiger partial charge in [0.25, 0.3) is 0 Å². The van der Waals surface area contributed by atoms with Crippen molar-refractivity contribution in [2.45, 2.75) is 38.5 Å². The second-order valence-electron chi connectivity index (χ2n) is 5.61. The van der Waals surface area contributed by atoms with Crippen LogP contribution in [0, 0.1) is 5.82 Å². The number of likely N-dealkylation sites (N-methyl/N-ethyl adjacent to an activating group) is 1. The zero-order valence-corrected chi connectivity index (χ0v) is 12.6. The Hall–Kier alpha value is -0.970. The molecule has 0 saturated carbocycles. The molecule has 3 atom stereocenters. The van der Waals surface area contributed by atoms with E-state index in [4.69, 9.17) is 4.74 Å². The molecule has 0 aliphatic carbocycles. The fraction of sp³-hybridized carbons (Fsp3) is 0.625. The first-order valence-corrected chi connectivity index (χ1v) is 7.42. The molecule has 1 aliphatic rings. The van der Waals surface area contributed by atoms with Gasteiger partial charge in [0.2, 0.25) is 0 Å². The number of hydrogen-bond acceptors (Lipinski definition) is 3. The van der Waals surface area contributed by atoms with E-state index in [0.717, 1.165) is 31.7 Å². The SMILES string of the molecule is CC[C@H](N[C@@H](C)[C@@H]1CN(C)CCO1)c1ccccc1F. The highest BCUT2D eigenvalue weighted by molar-refractivity contribution is 5.21. The number of rotatable bonds is 5. The molecule has 2 rings (SSSR count). The summed E-state index contributed by atoms with van der Waals surface area (Å²) in [6, 6.07) is 7.23. The van der Waals surface area contributed by atoms with Gasteiger partial charge in [-0.25, -0.2) is 4.39 Å². The van der Waals surface area contributed by atoms with Gasteiger partial charge in [-0.15, -0.1) is 0 Å². The van der Waals surface area contributed by atoms with Gasteiger partial charge in [-0.1, -0.05) is 25.1 Å². The Balaban J connectivity index is 2.01. The van der Waals surface area contributed by atoms with Crippen molar-refractivity contribution in [2.75, 3.05) is 26.7 Å². The molecule has 0 unspecified atom stereocenters. The van der Waals surface area contributed by atoms with E-state index in [1.54, 1.807) is 6.07 Å². The molecule has 4 heteroatoms. The first-order valence-electron chi connectivity index (χ1n) is 7.42. The normalized spacial score (nSPS) is 23.5. The van der Waals surface area contributed by atoms with Crippen molar-refractivity contribution in [3.63, 3.8) is 0 Å². The maximum atomic E-state index is 13.9. The molecule has 0 radical (unpaired) electrons. The van der Waals surface area contributed by atoms with Crippen molar-refractivity contribution in [1.82, 2.24) is 10.2 Å². The van der Waals surface area contributed by atoms with Gasteiger partial charge in [0.1, 0.15) is 5.82 Å². The standard InChI is InChI=1S/C16H25FN2O/c1-4-15(13-7-5-6-8-14(13)17)18-12(2)16-11-19(3)9-10-20-16/h5-8,12,15-16,18H,4,9-11H2,1-3H3/t12-,15-,16-/m0/s1. The number of benzene rings is 1. The van der Waals surface area contributed by atoms with Crippen molar-refractivity contribution in [3.05, 3.63) is 35.6 Å². The van der Waals surface area contributed by atoms with Gasteiger partial charge < -0.3 is 15.0 Å². The summed E-state index contributed by atoms with van der Waals surface area (Å²) in [5, 5.41) is 3.52. The number of nitrogens with one attached hydrogen (secondary N) is 1. The van der Waals surface area contributed by atoms with Gasteiger partial charge in [-0.05, 0) is 26.5 Å². The molecule has 1 aromatic rings. The topological polar surface area (TPSA) is 24.5 Å². The van der Waals surface area contributed by atoms with E-state index >= 15 is 0 Å². The van der Waals surface area contributed by atoms with E-state index in [9.17, 15) is 4.39 Å². The van der Waals surface area contributed by atoms with Crippen LogP contribution in [-0.4, -0.2) is 43.8 Å². The fourth-order valence-electron chi connectivity index (χ4n) is 2.72. The molecular formula is C16H25FN2O. The lowest BCUT2D eigenvalue weighted by Crippen LogP contribution is -2.50. The quantitative estimate of drug-likeness (QED) is 0.897. The average molecular weight is 280 g/mol. The highest BCUT2D eigenvalue weighted by Crippen LogP contribution is 2.21. The van der Waals surface area contributed by atoms with Crippen LogP contribution in [0.15, 0.2) is 24.3 Å². The Kier molecular flexibility index (Phi) is 5.52. The lowest BCUT2D eigenvalue weighted by atomic mass is 10.0. The number of hydrogen-bond donors (Lipinski definition) is 1. The Morgan fingerprint density at radius 3 is 2.85 bits per heavy atom. The summed E-state index contributed by atoms with van der Waals surface area (Å²) in [6.45, 7) is 6.86. The van der Waals surface area contributed by atoms with Gasteiger partial charge in [-0.2, -0.15) is 0 Å². The third-order valence-corrected chi connectivity index (χ3v) is 4.01. The molecule has 1 aromatic carbocycles. The highest BCUT2D eigenvalue weighted by Gasteiger charge is 2.26. The van der Waals surface area contributed by atoms with Crippen molar-refractivity contribution >= 4 is 0 Å². The van der Waals surface area contributed by atoms with Crippen molar-refractivity contribution in [1.29, 1.82) is 0 Å². The van der Waals surface area contributed by atoms with Crippen LogP contribution in [0.5, 0.6) is 0 Å². The Bertz CT molecular complexity index is 427. The van der Waals surface area contributed by atoms with Crippen LogP contribution in [0.1, 0.15) is 31.9 Å². The molecule has 0 amide bonds. The summed E-state index contributed by atoms with van der Waals surface area (Å²) in [5.74, 6) is -0.138. The number of morpholine rings is 1.